The van der Waals surface area contributed by atoms with Gasteiger partial charge in [0.05, 0.1) is 5.56 Å². The van der Waals surface area contributed by atoms with Crippen molar-refractivity contribution in [2.24, 2.45) is 0 Å². The summed E-state index contributed by atoms with van der Waals surface area (Å²) in [7, 11) is 0. The first-order chi connectivity index (χ1) is 11.1. The van der Waals surface area contributed by atoms with Gasteiger partial charge in [-0.15, -0.1) is 0 Å². The second-order valence-electron chi connectivity index (χ2n) is 5.94. The second-order valence-corrected chi connectivity index (χ2v) is 5.94. The largest absolute Gasteiger partial charge is 0.370 e. The third kappa shape index (κ3) is 5.09. The van der Waals surface area contributed by atoms with Gasteiger partial charge in [-0.25, -0.2) is 4.98 Å². The van der Waals surface area contributed by atoms with Gasteiger partial charge in [-0.3, -0.25) is 4.79 Å². The van der Waals surface area contributed by atoms with E-state index in [0.29, 0.717) is 11.5 Å². The zero-order valence-corrected chi connectivity index (χ0v) is 14.1. The van der Waals surface area contributed by atoms with Gasteiger partial charge in [0.1, 0.15) is 5.82 Å². The van der Waals surface area contributed by atoms with E-state index in [0.717, 1.165) is 30.9 Å². The first-order valence-corrected chi connectivity index (χ1v) is 8.21. The third-order valence-electron chi connectivity index (χ3n) is 3.70. The number of pyridine rings is 1. The van der Waals surface area contributed by atoms with Gasteiger partial charge in [-0.2, -0.15) is 0 Å². The first-order valence-electron chi connectivity index (χ1n) is 8.21. The maximum absolute atomic E-state index is 12.2. The number of benzene rings is 1. The molecule has 23 heavy (non-hydrogen) atoms. The predicted molar refractivity (Wildman–Crippen MR) is 96.1 cm³/mol. The summed E-state index contributed by atoms with van der Waals surface area (Å²) in [6, 6.07) is 11.6. The molecule has 0 spiro atoms. The van der Waals surface area contributed by atoms with Crippen LogP contribution in [0.25, 0.3) is 0 Å². The molecular weight excluding hydrogens is 286 g/mol. The smallest absolute Gasteiger partial charge is 0.257 e. The number of nitrogens with one attached hydrogen (secondary N) is 2. The predicted octanol–water partition coefficient (Wildman–Crippen LogP) is 4.67. The molecule has 0 fully saturated rings. The van der Waals surface area contributed by atoms with E-state index >= 15 is 0 Å². The molecule has 1 heterocycles. The highest BCUT2D eigenvalue weighted by Crippen LogP contribution is 2.17. The molecule has 0 aliphatic carbocycles. The lowest BCUT2D eigenvalue weighted by molar-refractivity contribution is 0.102. The summed E-state index contributed by atoms with van der Waals surface area (Å²) in [5.74, 6) is 1.14. The van der Waals surface area contributed by atoms with Crippen molar-refractivity contribution in [3.8, 4) is 0 Å². The quantitative estimate of drug-likeness (QED) is 0.731. The van der Waals surface area contributed by atoms with E-state index in [-0.39, 0.29) is 5.91 Å². The van der Waals surface area contributed by atoms with Crippen LogP contribution in [-0.2, 0) is 0 Å². The molecule has 0 atom stereocenters. The van der Waals surface area contributed by atoms with Gasteiger partial charge in [-0.05, 0) is 42.2 Å². The lowest BCUT2D eigenvalue weighted by Crippen LogP contribution is -2.12. The Labute approximate surface area is 138 Å². The number of carbonyl (C=O) groups is 1. The molecule has 4 heteroatoms. The minimum Gasteiger partial charge on any atom is -0.370 e. The van der Waals surface area contributed by atoms with Gasteiger partial charge in [0, 0.05) is 18.4 Å². The average molecular weight is 311 g/mol. The Morgan fingerprint density at radius 2 is 1.87 bits per heavy atom. The molecular formula is C19H25N3O. The Hall–Kier alpha value is -2.36. The lowest BCUT2D eigenvalue weighted by Gasteiger charge is -2.09. The van der Waals surface area contributed by atoms with E-state index < -0.39 is 0 Å². The Morgan fingerprint density at radius 1 is 1.13 bits per heavy atom. The molecule has 1 aromatic heterocycles. The number of hydrogen-bond donors (Lipinski definition) is 2. The highest BCUT2D eigenvalue weighted by Gasteiger charge is 2.07. The fraction of sp³-hybridized carbons (Fsp3) is 0.368. The molecule has 0 saturated heterocycles. The highest BCUT2D eigenvalue weighted by atomic mass is 16.1. The van der Waals surface area contributed by atoms with E-state index in [1.165, 1.54) is 5.56 Å². The van der Waals surface area contributed by atoms with E-state index in [2.05, 4.69) is 36.4 Å². The Kier molecular flexibility index (Phi) is 6.15. The van der Waals surface area contributed by atoms with Crippen molar-refractivity contribution >= 4 is 17.4 Å². The van der Waals surface area contributed by atoms with Gasteiger partial charge in [-0.1, -0.05) is 39.3 Å². The van der Waals surface area contributed by atoms with Crippen LogP contribution in [0.15, 0.2) is 42.6 Å². The summed E-state index contributed by atoms with van der Waals surface area (Å²) >= 11 is 0. The minimum atomic E-state index is -0.144. The molecule has 0 unspecified atom stereocenters. The molecule has 2 rings (SSSR count). The summed E-state index contributed by atoms with van der Waals surface area (Å²) in [5, 5.41) is 6.13. The normalized spacial score (nSPS) is 10.6. The van der Waals surface area contributed by atoms with Crippen LogP contribution >= 0.6 is 0 Å². The van der Waals surface area contributed by atoms with Crippen molar-refractivity contribution in [2.45, 2.75) is 39.5 Å². The maximum Gasteiger partial charge on any atom is 0.257 e. The fourth-order valence-corrected chi connectivity index (χ4v) is 2.18. The van der Waals surface area contributed by atoms with Crippen molar-refractivity contribution in [2.75, 3.05) is 17.2 Å². The zero-order valence-electron chi connectivity index (χ0n) is 14.1. The van der Waals surface area contributed by atoms with E-state index in [1.807, 2.05) is 30.3 Å². The van der Waals surface area contributed by atoms with Crippen LogP contribution in [0.5, 0.6) is 0 Å². The summed E-state index contributed by atoms with van der Waals surface area (Å²) in [4.78, 5) is 16.5. The number of rotatable bonds is 7. The molecule has 0 saturated carbocycles. The van der Waals surface area contributed by atoms with Gasteiger partial charge in [0.15, 0.2) is 0 Å². The maximum atomic E-state index is 12.2. The van der Waals surface area contributed by atoms with E-state index in [4.69, 9.17) is 0 Å². The van der Waals surface area contributed by atoms with Crippen LogP contribution in [0.1, 0.15) is 55.5 Å². The molecule has 2 N–H and O–H groups in total. The molecule has 0 bridgehead atoms. The average Bonchev–Trinajstić information content (AvgIpc) is 2.56. The van der Waals surface area contributed by atoms with Crippen LogP contribution in [0, 0.1) is 0 Å². The molecule has 0 aliphatic heterocycles. The standard InChI is InChI=1S/C19H25N3O/c1-4-5-12-20-18-11-8-16(13-21-18)19(23)22-17-9-6-15(7-10-17)14(2)3/h6-11,13-14H,4-5,12H2,1-3H3,(H,20,21)(H,22,23). The molecule has 2 aromatic rings. The second kappa shape index (κ2) is 8.32. The SMILES string of the molecule is CCCCNc1ccc(C(=O)Nc2ccc(C(C)C)cc2)cn1. The minimum absolute atomic E-state index is 0.144. The summed E-state index contributed by atoms with van der Waals surface area (Å²) < 4.78 is 0. The van der Waals surface area contributed by atoms with Crippen molar-refractivity contribution < 1.29 is 4.79 Å². The summed E-state index contributed by atoms with van der Waals surface area (Å²) in [6.45, 7) is 7.35. The monoisotopic (exact) mass is 311 g/mol. The Balaban J connectivity index is 1.94. The van der Waals surface area contributed by atoms with Gasteiger partial charge >= 0.3 is 0 Å². The number of aromatic nitrogens is 1. The Bertz CT molecular complexity index is 618. The number of hydrogen-bond acceptors (Lipinski definition) is 3. The molecule has 4 nitrogen and oxygen atoms in total. The van der Waals surface area contributed by atoms with Crippen LogP contribution in [0.3, 0.4) is 0 Å². The van der Waals surface area contributed by atoms with Crippen LogP contribution in [0.4, 0.5) is 11.5 Å². The van der Waals surface area contributed by atoms with E-state index in [9.17, 15) is 4.79 Å². The molecule has 0 aliphatic rings. The van der Waals surface area contributed by atoms with Crippen LogP contribution in [-0.4, -0.2) is 17.4 Å². The highest BCUT2D eigenvalue weighted by molar-refractivity contribution is 6.04. The number of nitrogens with zero attached hydrogens (tertiary/aromatic N) is 1. The van der Waals surface area contributed by atoms with E-state index in [1.54, 1.807) is 12.3 Å². The number of unbranched alkanes of at least 4 members (excludes halogenated alkanes) is 1. The number of amides is 1. The summed E-state index contributed by atoms with van der Waals surface area (Å²) in [6.07, 6.45) is 3.85. The molecule has 0 radical (unpaired) electrons. The fourth-order valence-electron chi connectivity index (χ4n) is 2.18. The lowest BCUT2D eigenvalue weighted by atomic mass is 10.0. The number of carbonyl (C=O) groups excluding carboxylic acids is 1. The van der Waals surface area contributed by atoms with Crippen molar-refractivity contribution in [1.29, 1.82) is 0 Å². The van der Waals surface area contributed by atoms with Crippen molar-refractivity contribution in [3.05, 3.63) is 53.7 Å². The van der Waals surface area contributed by atoms with Gasteiger partial charge in [0.25, 0.3) is 5.91 Å². The first kappa shape index (κ1) is 17.0. The number of anilines is 2. The Morgan fingerprint density at radius 3 is 2.43 bits per heavy atom. The third-order valence-corrected chi connectivity index (χ3v) is 3.70. The van der Waals surface area contributed by atoms with Gasteiger partial charge < -0.3 is 10.6 Å². The molecule has 1 aromatic carbocycles. The molecule has 122 valence electrons. The topological polar surface area (TPSA) is 54.0 Å². The van der Waals surface area contributed by atoms with Crippen molar-refractivity contribution in [3.63, 3.8) is 0 Å². The van der Waals surface area contributed by atoms with Crippen LogP contribution < -0.4 is 10.6 Å². The van der Waals surface area contributed by atoms with Crippen LogP contribution in [0.2, 0.25) is 0 Å². The zero-order chi connectivity index (χ0) is 16.7. The summed E-state index contributed by atoms with van der Waals surface area (Å²) in [5.41, 5.74) is 2.61. The molecule has 1 amide bonds. The van der Waals surface area contributed by atoms with Gasteiger partial charge in [0.2, 0.25) is 0 Å². The van der Waals surface area contributed by atoms with Crippen molar-refractivity contribution in [1.82, 2.24) is 4.98 Å².